The van der Waals surface area contributed by atoms with Crippen molar-refractivity contribution < 1.29 is 14.3 Å². The van der Waals surface area contributed by atoms with Crippen molar-refractivity contribution in [3.05, 3.63) is 28.0 Å². The number of ether oxygens (including phenoxy) is 1. The lowest BCUT2D eigenvalue weighted by Gasteiger charge is -2.29. The van der Waals surface area contributed by atoms with Crippen molar-refractivity contribution in [1.29, 1.82) is 0 Å². The quantitative estimate of drug-likeness (QED) is 0.677. The van der Waals surface area contributed by atoms with E-state index in [1.54, 1.807) is 0 Å². The zero-order valence-electron chi connectivity index (χ0n) is 12.0. The minimum atomic E-state index is -0.333. The van der Waals surface area contributed by atoms with Crippen molar-refractivity contribution in [3.8, 4) is 0 Å². The van der Waals surface area contributed by atoms with E-state index in [1.807, 2.05) is 0 Å². The molecule has 7 heteroatoms. The molecule has 2 bridgehead atoms. The predicted molar refractivity (Wildman–Crippen MR) is 81.8 cm³/mol. The molecule has 0 saturated heterocycles. The molecule has 1 aromatic rings. The summed E-state index contributed by atoms with van der Waals surface area (Å²) in [5.41, 5.74) is 0.262. The van der Waals surface area contributed by atoms with Gasteiger partial charge in [0.2, 0.25) is 0 Å². The molecule has 4 atom stereocenters. The van der Waals surface area contributed by atoms with Crippen molar-refractivity contribution >= 4 is 35.1 Å². The molecule has 3 rings (SSSR count). The molecule has 1 aromatic heterocycles. The van der Waals surface area contributed by atoms with E-state index in [0.29, 0.717) is 11.8 Å². The number of pyridine rings is 1. The molecule has 1 heterocycles. The second-order valence-corrected chi connectivity index (χ2v) is 6.60. The molecule has 2 aliphatic carbocycles. The average molecular weight is 343 g/mol. The smallest absolute Gasteiger partial charge is 0.311 e. The van der Waals surface area contributed by atoms with Gasteiger partial charge in [-0.1, -0.05) is 23.2 Å². The summed E-state index contributed by atoms with van der Waals surface area (Å²) in [5.74, 6) is -0.246. The first kappa shape index (κ1) is 15.6. The molecule has 0 aliphatic heterocycles. The average Bonchev–Trinajstić information content (AvgIpc) is 3.07. The Morgan fingerprint density at radius 3 is 2.68 bits per heavy atom. The van der Waals surface area contributed by atoms with E-state index < -0.39 is 0 Å². The summed E-state index contributed by atoms with van der Waals surface area (Å²) in [5, 5.41) is 3.23. The fourth-order valence-corrected chi connectivity index (χ4v) is 4.22. The number of fused-ring (bicyclic) bond motifs is 2. The Hall–Kier alpha value is -1.33. The minimum Gasteiger partial charge on any atom is -0.469 e. The van der Waals surface area contributed by atoms with Crippen molar-refractivity contribution in [2.24, 2.45) is 17.8 Å². The normalized spacial score (nSPS) is 29.4. The second-order valence-electron chi connectivity index (χ2n) is 5.85. The molecule has 2 fully saturated rings. The maximum Gasteiger partial charge on any atom is 0.311 e. The van der Waals surface area contributed by atoms with Crippen LogP contribution in [0.5, 0.6) is 0 Å². The molecule has 1 N–H and O–H groups in total. The van der Waals surface area contributed by atoms with E-state index >= 15 is 0 Å². The number of nitrogens with one attached hydrogen (secondary N) is 1. The predicted octanol–water partition coefficient (Wildman–Crippen LogP) is 2.71. The van der Waals surface area contributed by atoms with Gasteiger partial charge in [-0.05, 0) is 43.2 Å². The van der Waals surface area contributed by atoms with Gasteiger partial charge in [0.15, 0.2) is 0 Å². The molecular formula is C15H16Cl2N2O3. The first-order valence-electron chi connectivity index (χ1n) is 7.22. The van der Waals surface area contributed by atoms with Crippen LogP contribution in [0.4, 0.5) is 0 Å². The summed E-state index contributed by atoms with van der Waals surface area (Å²) in [6.07, 6.45) is 2.99. The zero-order valence-corrected chi connectivity index (χ0v) is 13.5. The van der Waals surface area contributed by atoms with E-state index in [-0.39, 0.29) is 39.7 Å². The number of aromatic nitrogens is 1. The van der Waals surface area contributed by atoms with Crippen LogP contribution < -0.4 is 5.32 Å². The largest absolute Gasteiger partial charge is 0.469 e. The fourth-order valence-electron chi connectivity index (χ4n) is 3.78. The van der Waals surface area contributed by atoms with Gasteiger partial charge in [-0.15, -0.1) is 0 Å². The van der Waals surface area contributed by atoms with Crippen LogP contribution in [0.15, 0.2) is 12.1 Å². The zero-order chi connectivity index (χ0) is 15.9. The standard InChI is InChI=1S/C15H16Cl2N2O3/c1-22-15(21)11-7-2-3-8(6-7)12(11)19-14(20)9-4-5-10(16)18-13(9)17/h4-5,7-8,11-12H,2-3,6H2,1H3,(H,19,20)/t7-,8-,11+,12+/m0/s1. The van der Waals surface area contributed by atoms with Gasteiger partial charge in [0.05, 0.1) is 18.6 Å². The van der Waals surface area contributed by atoms with Gasteiger partial charge in [-0.2, -0.15) is 0 Å². The molecule has 0 radical (unpaired) electrons. The van der Waals surface area contributed by atoms with Crippen LogP contribution in [-0.2, 0) is 9.53 Å². The highest BCUT2D eigenvalue weighted by molar-refractivity contribution is 6.34. The molecule has 0 unspecified atom stereocenters. The van der Waals surface area contributed by atoms with Gasteiger partial charge >= 0.3 is 5.97 Å². The van der Waals surface area contributed by atoms with E-state index in [4.69, 9.17) is 27.9 Å². The summed E-state index contributed by atoms with van der Waals surface area (Å²) < 4.78 is 4.90. The molecule has 0 spiro atoms. The Kier molecular flexibility index (Phi) is 4.28. The van der Waals surface area contributed by atoms with Gasteiger partial charge in [-0.25, -0.2) is 4.98 Å². The fraction of sp³-hybridized carbons (Fsp3) is 0.533. The molecule has 0 aromatic carbocycles. The minimum absolute atomic E-state index is 0.0581. The van der Waals surface area contributed by atoms with E-state index in [9.17, 15) is 9.59 Å². The number of hydrogen-bond donors (Lipinski definition) is 1. The van der Waals surface area contributed by atoms with E-state index in [2.05, 4.69) is 10.3 Å². The SMILES string of the molecule is COC(=O)[C@@H]1[C@H]2CC[C@@H](C2)[C@H]1NC(=O)c1ccc(Cl)nc1Cl. The van der Waals surface area contributed by atoms with Crippen molar-refractivity contribution in [1.82, 2.24) is 10.3 Å². The Morgan fingerprint density at radius 1 is 1.27 bits per heavy atom. The highest BCUT2D eigenvalue weighted by atomic mass is 35.5. The number of carbonyl (C=O) groups excluding carboxylic acids is 2. The van der Waals surface area contributed by atoms with Gasteiger partial charge in [0, 0.05) is 6.04 Å². The molecule has 2 aliphatic rings. The van der Waals surface area contributed by atoms with Gasteiger partial charge in [-0.3, -0.25) is 9.59 Å². The number of carbonyl (C=O) groups is 2. The monoisotopic (exact) mass is 342 g/mol. The Bertz CT molecular complexity index is 623. The maximum atomic E-state index is 12.4. The molecule has 5 nitrogen and oxygen atoms in total. The van der Waals surface area contributed by atoms with Crippen LogP contribution in [0.3, 0.4) is 0 Å². The number of hydrogen-bond acceptors (Lipinski definition) is 4. The van der Waals surface area contributed by atoms with Crippen LogP contribution >= 0.6 is 23.2 Å². The second kappa shape index (κ2) is 6.05. The third kappa shape index (κ3) is 2.68. The lowest BCUT2D eigenvalue weighted by molar-refractivity contribution is -0.148. The lowest BCUT2D eigenvalue weighted by Crippen LogP contribution is -2.47. The Balaban J connectivity index is 1.79. The van der Waals surface area contributed by atoms with Crippen molar-refractivity contribution in [3.63, 3.8) is 0 Å². The van der Waals surface area contributed by atoms with Gasteiger partial charge in [0.1, 0.15) is 10.3 Å². The number of esters is 1. The topological polar surface area (TPSA) is 68.3 Å². The molecule has 1 amide bonds. The number of methoxy groups -OCH3 is 1. The third-order valence-electron chi connectivity index (χ3n) is 4.75. The van der Waals surface area contributed by atoms with E-state index in [1.165, 1.54) is 19.2 Å². The number of rotatable bonds is 3. The summed E-state index contributed by atoms with van der Waals surface area (Å²) >= 11 is 11.7. The Morgan fingerprint density at radius 2 is 2.00 bits per heavy atom. The summed E-state index contributed by atoms with van der Waals surface area (Å²) in [6.45, 7) is 0. The molecular weight excluding hydrogens is 327 g/mol. The van der Waals surface area contributed by atoms with Gasteiger partial charge < -0.3 is 10.1 Å². The highest BCUT2D eigenvalue weighted by Crippen LogP contribution is 2.49. The van der Waals surface area contributed by atoms with Crippen LogP contribution in [0.2, 0.25) is 10.3 Å². The van der Waals surface area contributed by atoms with Gasteiger partial charge in [0.25, 0.3) is 5.91 Å². The Labute approximate surface area is 138 Å². The van der Waals surface area contributed by atoms with Crippen LogP contribution in [0, 0.1) is 17.8 Å². The third-order valence-corrected chi connectivity index (χ3v) is 5.25. The highest BCUT2D eigenvalue weighted by Gasteiger charge is 2.52. The number of amides is 1. The summed E-state index contributed by atoms with van der Waals surface area (Å²) in [6, 6.07) is 2.85. The van der Waals surface area contributed by atoms with E-state index in [0.717, 1.165) is 19.3 Å². The lowest BCUT2D eigenvalue weighted by atomic mass is 9.84. The van der Waals surface area contributed by atoms with Crippen LogP contribution in [0.25, 0.3) is 0 Å². The number of nitrogens with zero attached hydrogens (tertiary/aromatic N) is 1. The maximum absolute atomic E-state index is 12.4. The molecule has 22 heavy (non-hydrogen) atoms. The summed E-state index contributed by atoms with van der Waals surface area (Å²) in [4.78, 5) is 28.3. The first-order valence-corrected chi connectivity index (χ1v) is 7.97. The first-order chi connectivity index (χ1) is 10.5. The molecule has 2 saturated carbocycles. The number of halogens is 2. The molecule has 118 valence electrons. The van der Waals surface area contributed by atoms with Crippen LogP contribution in [-0.4, -0.2) is 30.0 Å². The van der Waals surface area contributed by atoms with Crippen molar-refractivity contribution in [2.75, 3.05) is 7.11 Å². The summed E-state index contributed by atoms with van der Waals surface area (Å²) in [7, 11) is 1.38. The van der Waals surface area contributed by atoms with Crippen molar-refractivity contribution in [2.45, 2.75) is 25.3 Å². The van der Waals surface area contributed by atoms with Crippen LogP contribution in [0.1, 0.15) is 29.6 Å².